The number of rotatable bonds is 3. The van der Waals surface area contributed by atoms with Gasteiger partial charge in [-0.3, -0.25) is 0 Å². The number of benzene rings is 1. The molecule has 0 amide bonds. The lowest BCUT2D eigenvalue weighted by Crippen LogP contribution is -2.11. The summed E-state index contributed by atoms with van der Waals surface area (Å²) in [6.45, 7) is 0.250. The van der Waals surface area contributed by atoms with Gasteiger partial charge in [-0.2, -0.15) is 0 Å². The predicted molar refractivity (Wildman–Crippen MR) is 51.0 cm³/mol. The summed E-state index contributed by atoms with van der Waals surface area (Å²) in [7, 11) is 1.66. The highest BCUT2D eigenvalue weighted by atomic mass is 16.5. The highest BCUT2D eigenvalue weighted by molar-refractivity contribution is 5.37. The molecular formula is C11H14O2. The maximum absolute atomic E-state index is 9.23. The molecule has 13 heavy (non-hydrogen) atoms. The Kier molecular flexibility index (Phi) is 2.00. The van der Waals surface area contributed by atoms with Crippen LogP contribution in [-0.4, -0.2) is 18.8 Å². The first-order valence-corrected chi connectivity index (χ1v) is 4.56. The molecule has 0 atom stereocenters. The second kappa shape index (κ2) is 3.04. The Balaban J connectivity index is 2.30. The van der Waals surface area contributed by atoms with Crippen molar-refractivity contribution in [2.75, 3.05) is 13.7 Å². The second-order valence-corrected chi connectivity index (χ2v) is 3.67. The van der Waals surface area contributed by atoms with Gasteiger partial charge < -0.3 is 9.84 Å². The van der Waals surface area contributed by atoms with Crippen molar-refractivity contribution in [2.24, 2.45) is 0 Å². The van der Waals surface area contributed by atoms with E-state index in [1.807, 2.05) is 18.2 Å². The average molecular weight is 178 g/mol. The van der Waals surface area contributed by atoms with Gasteiger partial charge in [0.2, 0.25) is 0 Å². The summed E-state index contributed by atoms with van der Waals surface area (Å²) in [6, 6.07) is 7.98. The van der Waals surface area contributed by atoms with Crippen LogP contribution in [0.1, 0.15) is 18.4 Å². The Hall–Kier alpha value is -1.02. The number of hydrogen-bond acceptors (Lipinski definition) is 2. The molecule has 0 radical (unpaired) electrons. The molecule has 0 saturated heterocycles. The van der Waals surface area contributed by atoms with Gasteiger partial charge in [-0.05, 0) is 30.5 Å². The third-order valence-electron chi connectivity index (χ3n) is 2.84. The molecular weight excluding hydrogens is 164 g/mol. The summed E-state index contributed by atoms with van der Waals surface area (Å²) in [5.41, 5.74) is 1.25. The molecule has 2 heteroatoms. The molecule has 0 spiro atoms. The third-order valence-corrected chi connectivity index (χ3v) is 2.84. The Morgan fingerprint density at radius 2 is 2.23 bits per heavy atom. The summed E-state index contributed by atoms with van der Waals surface area (Å²) in [4.78, 5) is 0. The molecule has 0 bridgehead atoms. The zero-order valence-corrected chi connectivity index (χ0v) is 7.79. The quantitative estimate of drug-likeness (QED) is 0.763. The van der Waals surface area contributed by atoms with Gasteiger partial charge in [-0.15, -0.1) is 0 Å². The van der Waals surface area contributed by atoms with Crippen molar-refractivity contribution in [2.45, 2.75) is 18.3 Å². The van der Waals surface area contributed by atoms with Crippen LogP contribution < -0.4 is 4.74 Å². The SMILES string of the molecule is COc1cccc(C2(CO)CC2)c1. The van der Waals surface area contributed by atoms with E-state index in [2.05, 4.69) is 6.07 Å². The molecule has 1 N–H and O–H groups in total. The van der Waals surface area contributed by atoms with Crippen molar-refractivity contribution in [3.8, 4) is 5.75 Å². The zero-order valence-electron chi connectivity index (χ0n) is 7.79. The van der Waals surface area contributed by atoms with Crippen LogP contribution in [0.3, 0.4) is 0 Å². The molecule has 2 rings (SSSR count). The van der Waals surface area contributed by atoms with Gasteiger partial charge >= 0.3 is 0 Å². The standard InChI is InChI=1S/C11H14O2/c1-13-10-4-2-3-9(7-10)11(8-12)5-6-11/h2-4,7,12H,5-6,8H2,1H3. The highest BCUT2D eigenvalue weighted by Gasteiger charge is 2.43. The minimum absolute atomic E-state index is 0.0501. The van der Waals surface area contributed by atoms with Crippen molar-refractivity contribution in [3.05, 3.63) is 29.8 Å². The molecule has 1 saturated carbocycles. The fraction of sp³-hybridized carbons (Fsp3) is 0.455. The monoisotopic (exact) mass is 178 g/mol. The molecule has 1 aliphatic rings. The van der Waals surface area contributed by atoms with Crippen molar-refractivity contribution in [1.82, 2.24) is 0 Å². The summed E-state index contributed by atoms with van der Waals surface area (Å²) < 4.78 is 5.14. The third kappa shape index (κ3) is 1.42. The molecule has 0 aromatic heterocycles. The molecule has 1 aromatic carbocycles. The number of aliphatic hydroxyl groups excluding tert-OH is 1. The van der Waals surface area contributed by atoms with Gasteiger partial charge in [0.15, 0.2) is 0 Å². The molecule has 0 aliphatic heterocycles. The fourth-order valence-electron chi connectivity index (χ4n) is 1.64. The van der Waals surface area contributed by atoms with E-state index in [1.54, 1.807) is 7.11 Å². The molecule has 1 aliphatic carbocycles. The number of aliphatic hydroxyl groups is 1. The van der Waals surface area contributed by atoms with E-state index in [0.29, 0.717) is 0 Å². The smallest absolute Gasteiger partial charge is 0.119 e. The number of hydrogen-bond donors (Lipinski definition) is 1. The normalized spacial score (nSPS) is 18.3. The van der Waals surface area contributed by atoms with E-state index in [-0.39, 0.29) is 12.0 Å². The topological polar surface area (TPSA) is 29.5 Å². The van der Waals surface area contributed by atoms with Gasteiger partial charge in [0.1, 0.15) is 5.75 Å². The van der Waals surface area contributed by atoms with E-state index < -0.39 is 0 Å². The zero-order chi connectivity index (χ0) is 9.31. The first kappa shape index (κ1) is 8.57. The van der Waals surface area contributed by atoms with Gasteiger partial charge in [-0.25, -0.2) is 0 Å². The highest BCUT2D eigenvalue weighted by Crippen LogP contribution is 2.48. The lowest BCUT2D eigenvalue weighted by Gasteiger charge is -2.12. The van der Waals surface area contributed by atoms with E-state index in [9.17, 15) is 5.11 Å². The minimum atomic E-state index is 0.0501. The summed E-state index contributed by atoms with van der Waals surface area (Å²) in [5, 5.41) is 9.23. The first-order chi connectivity index (χ1) is 6.30. The molecule has 2 nitrogen and oxygen atoms in total. The molecule has 1 fully saturated rings. The van der Waals surface area contributed by atoms with Crippen LogP contribution in [0.25, 0.3) is 0 Å². The average Bonchev–Trinajstić information content (AvgIpc) is 2.99. The van der Waals surface area contributed by atoms with Crippen molar-refractivity contribution in [1.29, 1.82) is 0 Å². The van der Waals surface area contributed by atoms with Gasteiger partial charge in [0, 0.05) is 5.41 Å². The Morgan fingerprint density at radius 3 is 2.77 bits per heavy atom. The number of methoxy groups -OCH3 is 1. The Bertz CT molecular complexity index is 303. The largest absolute Gasteiger partial charge is 0.497 e. The first-order valence-electron chi connectivity index (χ1n) is 4.56. The van der Waals surface area contributed by atoms with Crippen LogP contribution in [0.4, 0.5) is 0 Å². The van der Waals surface area contributed by atoms with E-state index >= 15 is 0 Å². The molecule has 0 heterocycles. The number of ether oxygens (including phenoxy) is 1. The van der Waals surface area contributed by atoms with Crippen LogP contribution in [0.2, 0.25) is 0 Å². The maximum Gasteiger partial charge on any atom is 0.119 e. The Labute approximate surface area is 78.2 Å². The fourth-order valence-corrected chi connectivity index (χ4v) is 1.64. The summed E-state index contributed by atoms with van der Waals surface area (Å²) >= 11 is 0. The van der Waals surface area contributed by atoms with Gasteiger partial charge in [-0.1, -0.05) is 12.1 Å². The van der Waals surface area contributed by atoms with Crippen LogP contribution >= 0.6 is 0 Å². The lowest BCUT2D eigenvalue weighted by molar-refractivity contribution is 0.254. The second-order valence-electron chi connectivity index (χ2n) is 3.67. The van der Waals surface area contributed by atoms with Gasteiger partial charge in [0.05, 0.1) is 13.7 Å². The van der Waals surface area contributed by atoms with Crippen molar-refractivity contribution < 1.29 is 9.84 Å². The predicted octanol–water partition coefficient (Wildman–Crippen LogP) is 1.72. The van der Waals surface area contributed by atoms with E-state index in [1.165, 1.54) is 5.56 Å². The van der Waals surface area contributed by atoms with Crippen LogP contribution in [0.15, 0.2) is 24.3 Å². The maximum atomic E-state index is 9.23. The van der Waals surface area contributed by atoms with Crippen molar-refractivity contribution in [3.63, 3.8) is 0 Å². The summed E-state index contributed by atoms with van der Waals surface area (Å²) in [5.74, 6) is 0.872. The Morgan fingerprint density at radius 1 is 1.46 bits per heavy atom. The minimum Gasteiger partial charge on any atom is -0.497 e. The van der Waals surface area contributed by atoms with Crippen LogP contribution in [-0.2, 0) is 5.41 Å². The summed E-state index contributed by atoms with van der Waals surface area (Å²) in [6.07, 6.45) is 2.19. The molecule has 0 unspecified atom stereocenters. The lowest BCUT2D eigenvalue weighted by atomic mass is 9.97. The molecule has 1 aromatic rings. The van der Waals surface area contributed by atoms with Gasteiger partial charge in [0.25, 0.3) is 0 Å². The van der Waals surface area contributed by atoms with Crippen LogP contribution in [0.5, 0.6) is 5.75 Å². The van der Waals surface area contributed by atoms with Crippen LogP contribution in [0, 0.1) is 0 Å². The molecule has 70 valence electrons. The van der Waals surface area contributed by atoms with Crippen molar-refractivity contribution >= 4 is 0 Å². The van der Waals surface area contributed by atoms with E-state index in [0.717, 1.165) is 18.6 Å². The van der Waals surface area contributed by atoms with E-state index in [4.69, 9.17) is 4.74 Å².